The number of thiol groups is 1. The molecule has 0 N–H and O–H groups in total. The Morgan fingerprint density at radius 3 is 2.85 bits per heavy atom. The molecule has 0 atom stereocenters. The first-order valence-electron chi connectivity index (χ1n) is 7.40. The Bertz CT molecular complexity index is 998. The molecule has 26 heavy (non-hydrogen) atoms. The zero-order valence-electron chi connectivity index (χ0n) is 14.1. The first kappa shape index (κ1) is 18.5. The molecule has 0 aliphatic carbocycles. The van der Waals surface area contributed by atoms with Gasteiger partial charge in [-0.05, 0) is 25.1 Å². The van der Waals surface area contributed by atoms with Crippen molar-refractivity contribution in [3.8, 4) is 5.69 Å². The van der Waals surface area contributed by atoms with Gasteiger partial charge in [-0.3, -0.25) is 9.69 Å². The van der Waals surface area contributed by atoms with Crippen LogP contribution in [-0.4, -0.2) is 32.9 Å². The maximum Gasteiger partial charge on any atom is 0.253 e. The summed E-state index contributed by atoms with van der Waals surface area (Å²) in [6.45, 7) is 3.27. The smallest absolute Gasteiger partial charge is 0.253 e. The third-order valence-electron chi connectivity index (χ3n) is 3.46. The van der Waals surface area contributed by atoms with E-state index in [1.165, 1.54) is 23.2 Å². The fourth-order valence-electron chi connectivity index (χ4n) is 1.96. The van der Waals surface area contributed by atoms with Crippen LogP contribution in [0.5, 0.6) is 0 Å². The first-order valence-corrected chi connectivity index (χ1v) is 9.04. The van der Waals surface area contributed by atoms with Gasteiger partial charge in [-0.2, -0.15) is 5.10 Å². The average molecular weight is 408 g/mol. The minimum Gasteiger partial charge on any atom is -0.290 e. The van der Waals surface area contributed by atoms with Gasteiger partial charge in [0.2, 0.25) is 11.0 Å². The van der Waals surface area contributed by atoms with Crippen LogP contribution in [0.1, 0.15) is 12.6 Å². The predicted octanol–water partition coefficient (Wildman–Crippen LogP) is 4.37. The van der Waals surface area contributed by atoms with Gasteiger partial charge in [0.1, 0.15) is 5.69 Å². The summed E-state index contributed by atoms with van der Waals surface area (Å²) in [5, 5.41) is 21.8. The molecular weight excluding hydrogens is 394 g/mol. The van der Waals surface area contributed by atoms with Crippen molar-refractivity contribution in [3.05, 3.63) is 35.1 Å². The molecule has 1 aromatic carbocycles. The molecule has 0 radical (unpaired) electrons. The van der Waals surface area contributed by atoms with Crippen LogP contribution in [0.15, 0.2) is 39.5 Å². The highest BCUT2D eigenvalue weighted by molar-refractivity contribution is 7.80. The Hall–Kier alpha value is -2.30. The number of hydrogen-bond donors (Lipinski definition) is 1. The van der Waals surface area contributed by atoms with E-state index < -0.39 is 0 Å². The molecule has 3 rings (SSSR count). The lowest BCUT2D eigenvalue weighted by atomic mass is 10.3. The molecule has 2 aromatic heterocycles. The normalized spacial score (nSPS) is 11.3. The summed E-state index contributed by atoms with van der Waals surface area (Å²) in [6, 6.07) is 5.37. The number of amides is 1. The molecule has 0 spiro atoms. The van der Waals surface area contributed by atoms with Crippen LogP contribution >= 0.6 is 35.6 Å². The van der Waals surface area contributed by atoms with Gasteiger partial charge < -0.3 is 0 Å². The zero-order valence-corrected chi connectivity index (χ0v) is 16.5. The molecule has 134 valence electrons. The number of carbonyl (C=O) groups is 1. The Balaban J connectivity index is 1.85. The number of halogens is 1. The van der Waals surface area contributed by atoms with Gasteiger partial charge in [-0.1, -0.05) is 22.9 Å². The number of aromatic nitrogens is 4. The number of nitrogens with zero attached hydrogens (tertiary/aromatic N) is 7. The number of rotatable bonds is 4. The maximum atomic E-state index is 11.3. The summed E-state index contributed by atoms with van der Waals surface area (Å²) in [6.07, 6.45) is 1.72. The van der Waals surface area contributed by atoms with Gasteiger partial charge in [-0.15, -0.1) is 33.1 Å². The molecule has 0 bridgehead atoms. The molecule has 0 saturated carbocycles. The van der Waals surface area contributed by atoms with E-state index in [2.05, 4.69) is 38.2 Å². The maximum absolute atomic E-state index is 11.3. The number of azo groups is 1. The predicted molar refractivity (Wildman–Crippen MR) is 104 cm³/mol. The summed E-state index contributed by atoms with van der Waals surface area (Å²) in [7, 11) is 1.62. The second-order valence-corrected chi connectivity index (χ2v) is 7.18. The highest BCUT2D eigenvalue weighted by atomic mass is 35.5. The van der Waals surface area contributed by atoms with E-state index in [1.807, 2.05) is 13.0 Å². The molecule has 2 heterocycles. The van der Waals surface area contributed by atoms with Crippen molar-refractivity contribution in [2.75, 3.05) is 11.9 Å². The van der Waals surface area contributed by atoms with Crippen LogP contribution in [0.3, 0.4) is 0 Å². The van der Waals surface area contributed by atoms with Crippen molar-refractivity contribution < 1.29 is 4.79 Å². The van der Waals surface area contributed by atoms with Gasteiger partial charge in [0.15, 0.2) is 0 Å². The Morgan fingerprint density at radius 2 is 2.12 bits per heavy atom. The summed E-state index contributed by atoms with van der Waals surface area (Å²) < 4.78 is 1.63. The van der Waals surface area contributed by atoms with Gasteiger partial charge in [0.25, 0.3) is 5.13 Å². The largest absolute Gasteiger partial charge is 0.290 e. The standard InChI is InChI=1S/C15H14ClN7OS2/c1-8-12(7-23(21-8)13-6-10(25)4-5-11(13)16)17-18-14-19-20-15(26-14)22(3)9(2)24/h4-7,25H,1-3H3. The van der Waals surface area contributed by atoms with E-state index in [0.717, 1.165) is 4.90 Å². The highest BCUT2D eigenvalue weighted by Gasteiger charge is 2.13. The average Bonchev–Trinajstić information content (AvgIpc) is 3.21. The van der Waals surface area contributed by atoms with Crippen molar-refractivity contribution in [3.63, 3.8) is 0 Å². The van der Waals surface area contributed by atoms with Crippen LogP contribution in [0.2, 0.25) is 5.02 Å². The second-order valence-electron chi connectivity index (χ2n) is 5.33. The lowest BCUT2D eigenvalue weighted by molar-refractivity contribution is -0.116. The summed E-state index contributed by atoms with van der Waals surface area (Å²) in [4.78, 5) is 13.5. The lowest BCUT2D eigenvalue weighted by Crippen LogP contribution is -2.22. The van der Waals surface area contributed by atoms with Crippen LogP contribution < -0.4 is 4.90 Å². The fraction of sp³-hybridized carbons (Fsp3) is 0.200. The van der Waals surface area contributed by atoms with Crippen molar-refractivity contribution in [2.45, 2.75) is 18.7 Å². The van der Waals surface area contributed by atoms with Gasteiger partial charge in [0.05, 0.1) is 22.6 Å². The summed E-state index contributed by atoms with van der Waals surface area (Å²) in [5.41, 5.74) is 1.95. The monoisotopic (exact) mass is 407 g/mol. The SMILES string of the molecule is CC(=O)N(C)c1nnc(N=Nc2cn(-c3cc(S)ccc3Cl)nc2C)s1. The second kappa shape index (κ2) is 7.52. The molecule has 1 amide bonds. The lowest BCUT2D eigenvalue weighted by Gasteiger charge is -2.07. The number of hydrogen-bond acceptors (Lipinski definition) is 8. The number of aryl methyl sites for hydroxylation is 1. The van der Waals surface area contributed by atoms with E-state index in [1.54, 1.807) is 30.1 Å². The number of benzene rings is 1. The van der Waals surface area contributed by atoms with E-state index in [0.29, 0.717) is 32.4 Å². The van der Waals surface area contributed by atoms with E-state index >= 15 is 0 Å². The molecule has 0 fully saturated rings. The fourth-order valence-corrected chi connectivity index (χ4v) is 3.04. The Kier molecular flexibility index (Phi) is 5.35. The molecule has 0 aliphatic heterocycles. The summed E-state index contributed by atoms with van der Waals surface area (Å²) in [5.74, 6) is -0.134. The third-order valence-corrected chi connectivity index (χ3v) is 4.94. The van der Waals surface area contributed by atoms with Crippen LogP contribution in [0.4, 0.5) is 16.0 Å². The Labute approximate surface area is 163 Å². The third kappa shape index (κ3) is 3.92. The van der Waals surface area contributed by atoms with Crippen molar-refractivity contribution in [2.24, 2.45) is 10.2 Å². The molecule has 8 nitrogen and oxygen atoms in total. The summed E-state index contributed by atoms with van der Waals surface area (Å²) >= 11 is 11.7. The van der Waals surface area contributed by atoms with Crippen molar-refractivity contribution >= 4 is 57.4 Å². The molecule has 3 aromatic rings. The van der Waals surface area contributed by atoms with Crippen LogP contribution in [0, 0.1) is 6.92 Å². The van der Waals surface area contributed by atoms with Gasteiger partial charge >= 0.3 is 0 Å². The molecule has 0 saturated heterocycles. The first-order chi connectivity index (χ1) is 12.3. The van der Waals surface area contributed by atoms with Gasteiger partial charge in [0, 0.05) is 18.9 Å². The molecule has 11 heteroatoms. The molecular formula is C15H14ClN7OS2. The van der Waals surface area contributed by atoms with E-state index in [4.69, 9.17) is 11.6 Å². The minimum absolute atomic E-state index is 0.134. The van der Waals surface area contributed by atoms with E-state index in [9.17, 15) is 4.79 Å². The Morgan fingerprint density at radius 1 is 1.35 bits per heavy atom. The van der Waals surface area contributed by atoms with Crippen molar-refractivity contribution in [1.82, 2.24) is 20.0 Å². The minimum atomic E-state index is -0.134. The van der Waals surface area contributed by atoms with Gasteiger partial charge in [-0.25, -0.2) is 4.68 Å². The van der Waals surface area contributed by atoms with Crippen LogP contribution in [0.25, 0.3) is 5.69 Å². The van der Waals surface area contributed by atoms with Crippen LogP contribution in [-0.2, 0) is 4.79 Å². The van der Waals surface area contributed by atoms with Crippen molar-refractivity contribution in [1.29, 1.82) is 0 Å². The highest BCUT2D eigenvalue weighted by Crippen LogP contribution is 2.29. The molecule has 0 aliphatic rings. The molecule has 0 unspecified atom stereocenters. The van der Waals surface area contributed by atoms with E-state index in [-0.39, 0.29) is 5.91 Å². The number of anilines is 1. The zero-order chi connectivity index (χ0) is 18.8. The topological polar surface area (TPSA) is 88.6 Å². The quantitative estimate of drug-likeness (QED) is 0.513. The number of carbonyl (C=O) groups excluding carboxylic acids is 1.